The van der Waals surface area contributed by atoms with Crippen LogP contribution in [-0.2, 0) is 28.9 Å². The summed E-state index contributed by atoms with van der Waals surface area (Å²) in [5.74, 6) is -0.218. The smallest absolute Gasteiger partial charge is 0.254 e. The molecule has 3 aromatic rings. The van der Waals surface area contributed by atoms with Gasteiger partial charge in [-0.15, -0.1) is 11.3 Å². The molecule has 164 valence electrons. The molecule has 1 aromatic carbocycles. The topological polar surface area (TPSA) is 72.4 Å². The Labute approximate surface area is 186 Å². The molecule has 2 heterocycles. The highest BCUT2D eigenvalue weighted by Gasteiger charge is 2.26. The minimum Gasteiger partial charge on any atom is -0.385 e. The van der Waals surface area contributed by atoms with Crippen molar-refractivity contribution in [3.63, 3.8) is 0 Å². The fourth-order valence-corrected chi connectivity index (χ4v) is 5.57. The number of nitrogens with zero attached hydrogens (tertiary/aromatic N) is 1. The summed E-state index contributed by atoms with van der Waals surface area (Å²) >= 11 is 1.56. The van der Waals surface area contributed by atoms with Crippen LogP contribution in [0.5, 0.6) is 0 Å². The summed E-state index contributed by atoms with van der Waals surface area (Å²) in [5, 5.41) is 7.84. The van der Waals surface area contributed by atoms with Crippen molar-refractivity contribution in [3.05, 3.63) is 52.0 Å². The van der Waals surface area contributed by atoms with Gasteiger partial charge in [-0.1, -0.05) is 18.2 Å². The van der Waals surface area contributed by atoms with Crippen molar-refractivity contribution >= 4 is 39.1 Å². The lowest BCUT2D eigenvalue weighted by Gasteiger charge is -2.13. The van der Waals surface area contributed by atoms with Gasteiger partial charge in [0.05, 0.1) is 5.56 Å². The summed E-state index contributed by atoms with van der Waals surface area (Å²) in [4.78, 5) is 27.2. The molecule has 0 saturated heterocycles. The Morgan fingerprint density at radius 3 is 2.84 bits per heavy atom. The van der Waals surface area contributed by atoms with E-state index >= 15 is 0 Å². The number of aromatic nitrogens is 1. The molecule has 0 saturated carbocycles. The summed E-state index contributed by atoms with van der Waals surface area (Å²) < 4.78 is 7.08. The number of thiophene rings is 1. The maximum atomic E-state index is 13.0. The van der Waals surface area contributed by atoms with Crippen LogP contribution in [0.3, 0.4) is 0 Å². The van der Waals surface area contributed by atoms with Crippen molar-refractivity contribution in [2.45, 2.75) is 45.6 Å². The molecule has 0 bridgehead atoms. The van der Waals surface area contributed by atoms with Gasteiger partial charge in [-0.25, -0.2) is 0 Å². The second-order valence-electron chi connectivity index (χ2n) is 8.00. The molecule has 2 N–H and O–H groups in total. The summed E-state index contributed by atoms with van der Waals surface area (Å²) in [6.45, 7) is 3.39. The fourth-order valence-electron chi connectivity index (χ4n) is 4.27. The normalized spacial score (nSPS) is 13.2. The van der Waals surface area contributed by atoms with E-state index in [1.54, 1.807) is 18.4 Å². The van der Waals surface area contributed by atoms with Gasteiger partial charge < -0.3 is 19.9 Å². The third-order valence-electron chi connectivity index (χ3n) is 5.78. The highest BCUT2D eigenvalue weighted by molar-refractivity contribution is 7.17. The standard InChI is InChI=1S/C24H29N3O3S/c1-16-14-17-8-3-5-10-19(17)27(16)15-21(28)26-24-22(23(29)25-12-7-13-30-2)18-9-4-6-11-20(18)31-24/h3,5,8,10,14H,4,6-7,9,11-13,15H2,1-2H3,(H,25,29)(H,26,28). The van der Waals surface area contributed by atoms with Gasteiger partial charge in [-0.3, -0.25) is 9.59 Å². The molecule has 0 unspecified atom stereocenters. The Balaban J connectivity index is 1.54. The first-order chi connectivity index (χ1) is 15.1. The van der Waals surface area contributed by atoms with E-state index in [4.69, 9.17) is 4.74 Å². The number of carbonyl (C=O) groups excluding carboxylic acids is 2. The van der Waals surface area contributed by atoms with E-state index < -0.39 is 0 Å². The number of benzene rings is 1. The minimum atomic E-state index is -0.114. The minimum absolute atomic E-state index is 0.103. The molecule has 1 aliphatic rings. The number of amides is 2. The van der Waals surface area contributed by atoms with Crippen molar-refractivity contribution in [2.24, 2.45) is 0 Å². The number of nitrogens with one attached hydrogen (secondary N) is 2. The lowest BCUT2D eigenvalue weighted by molar-refractivity contribution is -0.116. The van der Waals surface area contributed by atoms with Gasteiger partial charge in [-0.2, -0.15) is 0 Å². The van der Waals surface area contributed by atoms with Crippen LogP contribution in [0.2, 0.25) is 0 Å². The molecule has 0 aliphatic heterocycles. The van der Waals surface area contributed by atoms with Crippen LogP contribution in [0, 0.1) is 6.92 Å². The molecule has 7 heteroatoms. The summed E-state index contributed by atoms with van der Waals surface area (Å²) in [7, 11) is 1.65. The van der Waals surface area contributed by atoms with Gasteiger partial charge >= 0.3 is 0 Å². The zero-order chi connectivity index (χ0) is 21.8. The Bertz CT molecular complexity index is 1100. The van der Waals surface area contributed by atoms with Gasteiger partial charge in [0.2, 0.25) is 5.91 Å². The first-order valence-electron chi connectivity index (χ1n) is 10.8. The zero-order valence-electron chi connectivity index (χ0n) is 18.1. The van der Waals surface area contributed by atoms with Crippen molar-refractivity contribution in [1.82, 2.24) is 9.88 Å². The third kappa shape index (κ3) is 4.67. The van der Waals surface area contributed by atoms with Crippen molar-refractivity contribution in [3.8, 4) is 0 Å². The van der Waals surface area contributed by atoms with E-state index in [9.17, 15) is 9.59 Å². The Morgan fingerprint density at radius 1 is 1.19 bits per heavy atom. The molecular formula is C24H29N3O3S. The molecule has 0 radical (unpaired) electrons. The van der Waals surface area contributed by atoms with Crippen molar-refractivity contribution in [2.75, 3.05) is 25.6 Å². The van der Waals surface area contributed by atoms with E-state index in [-0.39, 0.29) is 18.4 Å². The third-order valence-corrected chi connectivity index (χ3v) is 6.99. The number of rotatable bonds is 8. The van der Waals surface area contributed by atoms with Crippen LogP contribution in [0.4, 0.5) is 5.00 Å². The second kappa shape index (κ2) is 9.66. The monoisotopic (exact) mass is 439 g/mol. The lowest BCUT2D eigenvalue weighted by atomic mass is 9.95. The molecule has 4 rings (SSSR count). The number of aryl methyl sites for hydroxylation is 2. The maximum absolute atomic E-state index is 13.0. The van der Waals surface area contributed by atoms with Crippen LogP contribution in [0.1, 0.15) is 45.8 Å². The molecule has 0 spiro atoms. The molecule has 2 aromatic heterocycles. The quantitative estimate of drug-likeness (QED) is 0.514. The number of hydrogen-bond acceptors (Lipinski definition) is 4. The van der Waals surface area contributed by atoms with E-state index in [2.05, 4.69) is 22.8 Å². The van der Waals surface area contributed by atoms with E-state index in [0.29, 0.717) is 23.7 Å². The number of fused-ring (bicyclic) bond motifs is 2. The average Bonchev–Trinajstić information content (AvgIpc) is 3.28. The van der Waals surface area contributed by atoms with E-state index in [0.717, 1.165) is 54.3 Å². The zero-order valence-corrected chi connectivity index (χ0v) is 18.9. The van der Waals surface area contributed by atoms with E-state index in [1.165, 1.54) is 4.88 Å². The molecule has 1 aliphatic carbocycles. The van der Waals surface area contributed by atoms with Crippen LogP contribution in [0.25, 0.3) is 10.9 Å². The molecule has 0 fully saturated rings. The molecule has 31 heavy (non-hydrogen) atoms. The van der Waals surface area contributed by atoms with Crippen molar-refractivity contribution in [1.29, 1.82) is 0 Å². The lowest BCUT2D eigenvalue weighted by Crippen LogP contribution is -2.28. The van der Waals surface area contributed by atoms with E-state index in [1.807, 2.05) is 29.7 Å². The molecule has 2 amide bonds. The number of methoxy groups -OCH3 is 1. The van der Waals surface area contributed by atoms with Crippen LogP contribution in [0.15, 0.2) is 30.3 Å². The van der Waals surface area contributed by atoms with Crippen LogP contribution >= 0.6 is 11.3 Å². The Morgan fingerprint density at radius 2 is 2.00 bits per heavy atom. The summed E-state index contributed by atoms with van der Waals surface area (Å²) in [6, 6.07) is 10.1. The number of carbonyl (C=O) groups is 2. The molecule has 0 atom stereocenters. The fraction of sp³-hybridized carbons (Fsp3) is 0.417. The SMILES string of the molecule is COCCCNC(=O)c1c(NC(=O)Cn2c(C)cc3ccccc32)sc2c1CCCC2. The van der Waals surface area contributed by atoms with Gasteiger partial charge in [0.15, 0.2) is 0 Å². The Kier molecular flexibility index (Phi) is 6.73. The first-order valence-corrected chi connectivity index (χ1v) is 11.7. The van der Waals surface area contributed by atoms with Gasteiger partial charge in [0.1, 0.15) is 11.5 Å². The average molecular weight is 440 g/mol. The van der Waals surface area contributed by atoms with Gasteiger partial charge in [-0.05, 0) is 62.1 Å². The largest absolute Gasteiger partial charge is 0.385 e. The number of anilines is 1. The second-order valence-corrected chi connectivity index (χ2v) is 9.10. The predicted molar refractivity (Wildman–Crippen MR) is 125 cm³/mol. The molecular weight excluding hydrogens is 410 g/mol. The maximum Gasteiger partial charge on any atom is 0.254 e. The first kappa shape index (κ1) is 21.6. The van der Waals surface area contributed by atoms with Crippen LogP contribution in [-0.4, -0.2) is 36.6 Å². The highest BCUT2D eigenvalue weighted by atomic mass is 32.1. The van der Waals surface area contributed by atoms with Gasteiger partial charge in [0.25, 0.3) is 5.91 Å². The Hall–Kier alpha value is -2.64. The van der Waals surface area contributed by atoms with Crippen LogP contribution < -0.4 is 10.6 Å². The summed E-state index contributed by atoms with van der Waals surface area (Å²) in [6.07, 6.45) is 4.83. The molecule has 6 nitrogen and oxygen atoms in total. The van der Waals surface area contributed by atoms with Crippen molar-refractivity contribution < 1.29 is 14.3 Å². The number of para-hydroxylation sites is 1. The summed E-state index contributed by atoms with van der Waals surface area (Å²) in [5.41, 5.74) is 3.84. The number of ether oxygens (including phenoxy) is 1. The highest BCUT2D eigenvalue weighted by Crippen LogP contribution is 2.38. The predicted octanol–water partition coefficient (Wildman–Crippen LogP) is 4.30. The number of hydrogen-bond donors (Lipinski definition) is 2. The van der Waals surface area contributed by atoms with Gasteiger partial charge in [0, 0.05) is 36.3 Å².